The summed E-state index contributed by atoms with van der Waals surface area (Å²) in [6.07, 6.45) is 4.96. The van der Waals surface area contributed by atoms with Gasteiger partial charge in [0.15, 0.2) is 11.6 Å². The molecule has 19 heavy (non-hydrogen) atoms. The Kier molecular flexibility index (Phi) is 2.90. The molecule has 3 rings (SSSR count). The smallest absolute Gasteiger partial charge is 0.265 e. The van der Waals surface area contributed by atoms with E-state index < -0.39 is 11.6 Å². The molecule has 0 spiro atoms. The first kappa shape index (κ1) is 12.0. The van der Waals surface area contributed by atoms with Gasteiger partial charge in [0.2, 0.25) is 5.65 Å². The van der Waals surface area contributed by atoms with E-state index in [1.165, 1.54) is 6.07 Å². The van der Waals surface area contributed by atoms with E-state index in [-0.39, 0.29) is 11.6 Å². The maximum Gasteiger partial charge on any atom is 0.265 e. The van der Waals surface area contributed by atoms with E-state index in [1.807, 2.05) is 0 Å². The number of hydrogen-bond donors (Lipinski definition) is 0. The van der Waals surface area contributed by atoms with E-state index in [4.69, 9.17) is 4.74 Å². The van der Waals surface area contributed by atoms with Crippen LogP contribution in [0.25, 0.3) is 5.65 Å². The van der Waals surface area contributed by atoms with Crippen LogP contribution in [0, 0.1) is 11.6 Å². The molecule has 0 aliphatic heterocycles. The van der Waals surface area contributed by atoms with Gasteiger partial charge in [0, 0.05) is 24.7 Å². The number of aromatic nitrogens is 3. The van der Waals surface area contributed by atoms with E-state index in [0.29, 0.717) is 10.3 Å². The van der Waals surface area contributed by atoms with Crippen LogP contribution in [0.3, 0.4) is 0 Å². The minimum atomic E-state index is -0.800. The highest BCUT2D eigenvalue weighted by atomic mass is 79.9. The van der Waals surface area contributed by atoms with Gasteiger partial charge in [0.25, 0.3) is 5.88 Å². The average molecular weight is 326 g/mol. The zero-order chi connectivity index (χ0) is 13.4. The molecule has 2 heterocycles. The molecule has 0 amide bonds. The largest absolute Gasteiger partial charge is 0.433 e. The van der Waals surface area contributed by atoms with Crippen LogP contribution in [-0.2, 0) is 0 Å². The molecule has 3 aromatic rings. The summed E-state index contributed by atoms with van der Waals surface area (Å²) >= 11 is 3.22. The lowest BCUT2D eigenvalue weighted by Gasteiger charge is -2.07. The predicted molar refractivity (Wildman–Crippen MR) is 67.1 cm³/mol. The van der Waals surface area contributed by atoms with Crippen molar-refractivity contribution in [2.24, 2.45) is 0 Å². The summed E-state index contributed by atoms with van der Waals surface area (Å²) in [4.78, 5) is 8.14. The fraction of sp³-hybridized carbons (Fsp3) is 0. The Hall–Kier alpha value is -2.02. The summed E-state index contributed by atoms with van der Waals surface area (Å²) in [5, 5.41) is 0. The van der Waals surface area contributed by atoms with E-state index in [9.17, 15) is 8.78 Å². The van der Waals surface area contributed by atoms with Crippen molar-refractivity contribution in [3.63, 3.8) is 0 Å². The number of rotatable bonds is 2. The van der Waals surface area contributed by atoms with Crippen molar-refractivity contribution in [2.45, 2.75) is 0 Å². The Morgan fingerprint density at radius 2 is 2.11 bits per heavy atom. The van der Waals surface area contributed by atoms with E-state index in [0.717, 1.165) is 12.1 Å². The van der Waals surface area contributed by atoms with Gasteiger partial charge in [-0.2, -0.15) is 0 Å². The molecule has 0 atom stereocenters. The van der Waals surface area contributed by atoms with Crippen molar-refractivity contribution < 1.29 is 13.5 Å². The van der Waals surface area contributed by atoms with Crippen molar-refractivity contribution in [3.05, 3.63) is 53.0 Å². The molecule has 2 aromatic heterocycles. The van der Waals surface area contributed by atoms with Crippen LogP contribution >= 0.6 is 15.9 Å². The van der Waals surface area contributed by atoms with Crippen LogP contribution in [-0.4, -0.2) is 14.4 Å². The van der Waals surface area contributed by atoms with Gasteiger partial charge >= 0.3 is 0 Å². The van der Waals surface area contributed by atoms with Crippen LogP contribution in [0.4, 0.5) is 8.78 Å². The third-order valence-corrected chi connectivity index (χ3v) is 2.80. The van der Waals surface area contributed by atoms with Crippen LogP contribution in [0.5, 0.6) is 11.6 Å². The van der Waals surface area contributed by atoms with E-state index in [2.05, 4.69) is 25.9 Å². The normalized spacial score (nSPS) is 10.9. The second-order valence-corrected chi connectivity index (χ2v) is 4.52. The van der Waals surface area contributed by atoms with Gasteiger partial charge in [0.1, 0.15) is 10.4 Å². The second kappa shape index (κ2) is 4.58. The molecule has 0 aliphatic carbocycles. The van der Waals surface area contributed by atoms with Crippen LogP contribution in [0.2, 0.25) is 0 Å². The molecule has 0 N–H and O–H groups in total. The molecule has 0 saturated heterocycles. The highest BCUT2D eigenvalue weighted by molar-refractivity contribution is 9.10. The topological polar surface area (TPSA) is 39.4 Å². The van der Waals surface area contributed by atoms with Crippen molar-refractivity contribution in [1.29, 1.82) is 0 Å². The maximum absolute atomic E-state index is 13.5. The summed E-state index contributed by atoms with van der Waals surface area (Å²) in [6, 6.07) is 3.06. The van der Waals surface area contributed by atoms with Gasteiger partial charge in [-0.3, -0.25) is 4.40 Å². The van der Waals surface area contributed by atoms with Crippen molar-refractivity contribution >= 4 is 21.6 Å². The summed E-state index contributed by atoms with van der Waals surface area (Å²) in [5.41, 5.74) is 0.437. The summed E-state index contributed by atoms with van der Waals surface area (Å²) in [7, 11) is 0. The minimum absolute atomic E-state index is 0.114. The van der Waals surface area contributed by atoms with Crippen LogP contribution < -0.4 is 4.74 Å². The molecule has 96 valence electrons. The highest BCUT2D eigenvalue weighted by Gasteiger charge is 2.12. The molecular formula is C12H6BrF2N3O. The van der Waals surface area contributed by atoms with Gasteiger partial charge in [0.05, 0.1) is 0 Å². The van der Waals surface area contributed by atoms with Crippen LogP contribution in [0.1, 0.15) is 0 Å². The minimum Gasteiger partial charge on any atom is -0.433 e. The lowest BCUT2D eigenvalue weighted by molar-refractivity contribution is 0.424. The molecule has 0 unspecified atom stereocenters. The summed E-state index contributed by atoms with van der Waals surface area (Å²) in [5.74, 6) is -1.45. The van der Waals surface area contributed by atoms with E-state index >= 15 is 0 Å². The Bertz CT molecular complexity index is 760. The molecule has 0 radical (unpaired) electrons. The predicted octanol–water partition coefficient (Wildman–Crippen LogP) is 3.56. The number of imidazole rings is 1. The number of nitrogens with zero attached hydrogens (tertiary/aromatic N) is 3. The zero-order valence-electron chi connectivity index (χ0n) is 9.35. The van der Waals surface area contributed by atoms with Crippen molar-refractivity contribution in [1.82, 2.24) is 14.4 Å². The Morgan fingerprint density at radius 3 is 2.89 bits per heavy atom. The highest BCUT2D eigenvalue weighted by Crippen LogP contribution is 2.27. The zero-order valence-corrected chi connectivity index (χ0v) is 10.9. The second-order valence-electron chi connectivity index (χ2n) is 3.70. The first-order chi connectivity index (χ1) is 9.13. The molecular weight excluding hydrogens is 320 g/mol. The van der Waals surface area contributed by atoms with Gasteiger partial charge < -0.3 is 4.74 Å². The molecule has 1 aromatic carbocycles. The molecule has 7 heteroatoms. The Balaban J connectivity index is 2.07. The number of fused-ring (bicyclic) bond motifs is 1. The first-order valence-electron chi connectivity index (χ1n) is 5.25. The Morgan fingerprint density at radius 1 is 1.26 bits per heavy atom. The molecule has 0 saturated carbocycles. The first-order valence-corrected chi connectivity index (χ1v) is 6.05. The van der Waals surface area contributed by atoms with Crippen LogP contribution in [0.15, 0.2) is 41.4 Å². The van der Waals surface area contributed by atoms with Gasteiger partial charge in [-0.05, 0) is 28.1 Å². The SMILES string of the molecule is Fc1ccc(Oc2nc(Br)cn3ccnc23)c(F)c1. The average Bonchev–Trinajstić information content (AvgIpc) is 2.80. The third-order valence-electron chi connectivity index (χ3n) is 2.41. The lowest BCUT2D eigenvalue weighted by atomic mass is 10.3. The van der Waals surface area contributed by atoms with Gasteiger partial charge in [-0.15, -0.1) is 0 Å². The summed E-state index contributed by atoms with van der Waals surface area (Å²) < 4.78 is 33.9. The third kappa shape index (κ3) is 2.28. The van der Waals surface area contributed by atoms with Crippen molar-refractivity contribution in [2.75, 3.05) is 0 Å². The number of benzene rings is 1. The maximum atomic E-state index is 13.5. The number of halogens is 3. The number of hydrogen-bond acceptors (Lipinski definition) is 3. The lowest BCUT2D eigenvalue weighted by Crippen LogP contribution is -1.96. The van der Waals surface area contributed by atoms with Gasteiger partial charge in [-0.1, -0.05) is 0 Å². The van der Waals surface area contributed by atoms with Gasteiger partial charge in [-0.25, -0.2) is 18.7 Å². The van der Waals surface area contributed by atoms with Crippen molar-refractivity contribution in [3.8, 4) is 11.6 Å². The standard InChI is InChI=1S/C12H6BrF2N3O/c13-10-6-18-4-3-16-11(18)12(17-10)19-9-2-1-7(14)5-8(9)15/h1-6H. The Labute approximate surface area is 114 Å². The van der Waals surface area contributed by atoms with E-state index in [1.54, 1.807) is 23.0 Å². The summed E-state index contributed by atoms with van der Waals surface area (Å²) in [6.45, 7) is 0. The molecule has 0 fully saturated rings. The molecule has 0 bridgehead atoms. The quantitative estimate of drug-likeness (QED) is 0.723. The fourth-order valence-corrected chi connectivity index (χ4v) is 1.99. The monoisotopic (exact) mass is 325 g/mol. The molecule has 0 aliphatic rings. The fourth-order valence-electron chi connectivity index (χ4n) is 1.60. The molecule has 4 nitrogen and oxygen atoms in total. The number of ether oxygens (including phenoxy) is 1.